The minimum absolute atomic E-state index is 0.173. The summed E-state index contributed by atoms with van der Waals surface area (Å²) in [4.78, 5) is 11.2. The molecule has 188 valence electrons. The maximum absolute atomic E-state index is 14.8. The number of nitrogen functional groups attached to an aromatic ring is 1. The summed E-state index contributed by atoms with van der Waals surface area (Å²) in [5, 5.41) is 3.67. The Hall–Kier alpha value is -3.14. The van der Waals surface area contributed by atoms with Gasteiger partial charge < -0.3 is 15.8 Å². The molecule has 4 rings (SSSR count). The normalized spacial score (nSPS) is 19.8. The molecule has 35 heavy (non-hydrogen) atoms. The third-order valence-corrected chi connectivity index (χ3v) is 6.66. The maximum atomic E-state index is 14.8. The van der Waals surface area contributed by atoms with Gasteiger partial charge in [-0.15, -0.1) is 0 Å². The van der Waals surface area contributed by atoms with E-state index in [1.165, 1.54) is 6.07 Å². The van der Waals surface area contributed by atoms with Crippen LogP contribution in [0, 0.1) is 12.7 Å². The van der Waals surface area contributed by atoms with E-state index >= 15 is 0 Å². The number of nitrogens with two attached hydrogens (primary N) is 1. The summed E-state index contributed by atoms with van der Waals surface area (Å²) < 4.78 is 60.7. The molecule has 10 heteroatoms. The molecule has 1 fully saturated rings. The number of hydrogen-bond donors (Lipinski definition) is 2. The maximum Gasteiger partial charge on any atom is 0.419 e. The number of likely N-dealkylation sites (N-methyl/N-ethyl adjacent to an activating group) is 1. The molecule has 0 bridgehead atoms. The molecule has 0 spiro atoms. The summed E-state index contributed by atoms with van der Waals surface area (Å²) in [5.41, 5.74) is 4.52. The van der Waals surface area contributed by atoms with Crippen molar-refractivity contribution in [2.24, 2.45) is 0 Å². The summed E-state index contributed by atoms with van der Waals surface area (Å²) in [7, 11) is 2.09. The average molecular weight is 492 g/mol. The summed E-state index contributed by atoms with van der Waals surface area (Å²) in [6.45, 7) is 5.99. The van der Waals surface area contributed by atoms with Gasteiger partial charge in [0.05, 0.1) is 17.1 Å². The second-order valence-corrected chi connectivity index (χ2v) is 9.19. The van der Waals surface area contributed by atoms with Crippen molar-refractivity contribution in [2.75, 3.05) is 24.7 Å². The number of rotatable bonds is 6. The summed E-state index contributed by atoms with van der Waals surface area (Å²) in [6.07, 6.45) is -2.68. The summed E-state index contributed by atoms with van der Waals surface area (Å²) in [5.74, 6) is 0.0997. The molecular formula is C25H29F4N5O. The largest absolute Gasteiger partial charge is 0.492 e. The van der Waals surface area contributed by atoms with E-state index in [4.69, 9.17) is 10.5 Å². The highest BCUT2D eigenvalue weighted by atomic mass is 19.4. The van der Waals surface area contributed by atoms with Crippen molar-refractivity contribution >= 4 is 22.4 Å². The van der Waals surface area contributed by atoms with Gasteiger partial charge in [0.15, 0.2) is 0 Å². The molecule has 1 aliphatic heterocycles. The van der Waals surface area contributed by atoms with Gasteiger partial charge in [0.25, 0.3) is 0 Å². The number of halogens is 4. The van der Waals surface area contributed by atoms with Crippen molar-refractivity contribution in [2.45, 2.75) is 57.9 Å². The summed E-state index contributed by atoms with van der Waals surface area (Å²) >= 11 is 0. The topological polar surface area (TPSA) is 76.3 Å². The van der Waals surface area contributed by atoms with E-state index in [-0.39, 0.29) is 11.3 Å². The molecule has 0 aliphatic carbocycles. The van der Waals surface area contributed by atoms with Crippen LogP contribution < -0.4 is 15.8 Å². The predicted molar refractivity (Wildman–Crippen MR) is 128 cm³/mol. The fourth-order valence-electron chi connectivity index (χ4n) is 4.49. The number of ether oxygens (including phenoxy) is 1. The van der Waals surface area contributed by atoms with E-state index in [0.29, 0.717) is 53.1 Å². The Bertz CT molecular complexity index is 1230. The second kappa shape index (κ2) is 9.49. The number of anilines is 2. The van der Waals surface area contributed by atoms with E-state index < -0.39 is 23.6 Å². The number of likely N-dealkylation sites (tertiary alicyclic amines) is 1. The van der Waals surface area contributed by atoms with Gasteiger partial charge in [0.2, 0.25) is 0 Å². The van der Waals surface area contributed by atoms with E-state index in [9.17, 15) is 17.6 Å². The Kier molecular flexibility index (Phi) is 6.77. The second-order valence-electron chi connectivity index (χ2n) is 9.19. The number of nitrogens with zero attached hydrogens (tertiary/aromatic N) is 3. The van der Waals surface area contributed by atoms with Crippen molar-refractivity contribution in [3.63, 3.8) is 0 Å². The molecule has 1 aromatic heterocycles. The first-order chi connectivity index (χ1) is 16.4. The van der Waals surface area contributed by atoms with Gasteiger partial charge in [-0.1, -0.05) is 0 Å². The third kappa shape index (κ3) is 5.27. The lowest BCUT2D eigenvalue weighted by molar-refractivity contribution is -0.140. The Morgan fingerprint density at radius 3 is 2.60 bits per heavy atom. The van der Waals surface area contributed by atoms with Crippen LogP contribution in [0.2, 0.25) is 0 Å². The van der Waals surface area contributed by atoms with Crippen LogP contribution in [-0.2, 0) is 6.18 Å². The zero-order chi connectivity index (χ0) is 25.5. The van der Waals surface area contributed by atoms with Gasteiger partial charge in [0, 0.05) is 28.7 Å². The number of fused-ring (bicyclic) bond motifs is 1. The van der Waals surface area contributed by atoms with Crippen LogP contribution in [0.1, 0.15) is 49.7 Å². The van der Waals surface area contributed by atoms with Gasteiger partial charge in [-0.25, -0.2) is 14.4 Å². The highest BCUT2D eigenvalue weighted by Gasteiger charge is 2.36. The fourth-order valence-corrected chi connectivity index (χ4v) is 4.49. The summed E-state index contributed by atoms with van der Waals surface area (Å²) in [6, 6.07) is 7.20. The zero-order valence-corrected chi connectivity index (χ0v) is 20.1. The van der Waals surface area contributed by atoms with Gasteiger partial charge in [0.1, 0.15) is 29.8 Å². The molecule has 6 nitrogen and oxygen atoms in total. The Morgan fingerprint density at radius 2 is 1.94 bits per heavy atom. The van der Waals surface area contributed by atoms with E-state index in [2.05, 4.69) is 34.2 Å². The minimum atomic E-state index is -4.86. The highest BCUT2D eigenvalue weighted by Crippen LogP contribution is 2.37. The first-order valence-electron chi connectivity index (χ1n) is 11.5. The molecule has 3 N–H and O–H groups in total. The van der Waals surface area contributed by atoms with Crippen LogP contribution in [0.5, 0.6) is 5.75 Å². The van der Waals surface area contributed by atoms with Gasteiger partial charge in [-0.05, 0) is 71.0 Å². The number of benzene rings is 2. The molecule has 0 amide bonds. The highest BCUT2D eigenvalue weighted by molar-refractivity contribution is 5.90. The fraction of sp³-hybridized carbons (Fsp3) is 0.440. The van der Waals surface area contributed by atoms with Gasteiger partial charge >= 0.3 is 6.18 Å². The quantitative estimate of drug-likeness (QED) is 0.340. The van der Waals surface area contributed by atoms with E-state index in [0.717, 1.165) is 12.8 Å². The lowest BCUT2D eigenvalue weighted by Crippen LogP contribution is -2.34. The Balaban J connectivity index is 1.62. The van der Waals surface area contributed by atoms with Crippen molar-refractivity contribution in [1.29, 1.82) is 0 Å². The van der Waals surface area contributed by atoms with Crippen LogP contribution in [0.25, 0.3) is 10.9 Å². The van der Waals surface area contributed by atoms with E-state index in [1.54, 1.807) is 26.0 Å². The monoisotopic (exact) mass is 491 g/mol. The third-order valence-electron chi connectivity index (χ3n) is 6.66. The molecule has 0 unspecified atom stereocenters. The lowest BCUT2D eigenvalue weighted by atomic mass is 10.0. The molecule has 2 heterocycles. The molecule has 0 saturated carbocycles. The smallest absolute Gasteiger partial charge is 0.419 e. The number of aryl methyl sites for hydroxylation is 1. The molecule has 3 aromatic rings. The van der Waals surface area contributed by atoms with Gasteiger partial charge in [-0.3, -0.25) is 4.90 Å². The van der Waals surface area contributed by atoms with Crippen molar-refractivity contribution in [3.8, 4) is 5.75 Å². The SMILES string of the molecule is Cc1nc(N[C@H](C)c2cc(N)cc(C(F)(F)F)c2F)c2cc(OC[C@@H]3CC[C@H](C)N3C)ccc2n1. The molecule has 0 radical (unpaired) electrons. The van der Waals surface area contributed by atoms with Crippen molar-refractivity contribution in [3.05, 3.63) is 53.1 Å². The Morgan fingerprint density at radius 1 is 1.20 bits per heavy atom. The standard InChI is InChI=1S/C25H29F4N5O/c1-13-5-6-17(34(13)4)12-35-18-7-8-22-20(11-18)24(33-15(3)32-22)31-14(2)19-9-16(30)10-21(23(19)26)25(27,28)29/h7-11,13-14,17H,5-6,12,30H2,1-4H3,(H,31,32,33)/t13-,14+,17-/m0/s1. The molecular weight excluding hydrogens is 462 g/mol. The van der Waals surface area contributed by atoms with E-state index in [1.807, 2.05) is 6.07 Å². The first kappa shape index (κ1) is 25.0. The van der Waals surface area contributed by atoms with Crippen LogP contribution in [-0.4, -0.2) is 40.6 Å². The molecule has 3 atom stereocenters. The molecule has 1 saturated heterocycles. The Labute approximate surface area is 201 Å². The number of nitrogens with one attached hydrogen (secondary N) is 1. The number of alkyl halides is 3. The zero-order valence-electron chi connectivity index (χ0n) is 20.1. The van der Waals surface area contributed by atoms with Crippen molar-refractivity contribution in [1.82, 2.24) is 14.9 Å². The first-order valence-corrected chi connectivity index (χ1v) is 11.5. The average Bonchev–Trinajstić information content (AvgIpc) is 3.10. The predicted octanol–water partition coefficient (Wildman–Crippen LogP) is 5.71. The number of aromatic nitrogens is 2. The molecule has 1 aliphatic rings. The minimum Gasteiger partial charge on any atom is -0.492 e. The van der Waals surface area contributed by atoms with Crippen molar-refractivity contribution < 1.29 is 22.3 Å². The van der Waals surface area contributed by atoms with Crippen LogP contribution in [0.3, 0.4) is 0 Å². The van der Waals surface area contributed by atoms with Crippen LogP contribution >= 0.6 is 0 Å². The number of hydrogen-bond acceptors (Lipinski definition) is 6. The molecule has 2 aromatic carbocycles. The van der Waals surface area contributed by atoms with Crippen LogP contribution in [0.15, 0.2) is 30.3 Å². The van der Waals surface area contributed by atoms with Gasteiger partial charge in [-0.2, -0.15) is 13.2 Å². The lowest BCUT2D eigenvalue weighted by Gasteiger charge is -2.23. The van der Waals surface area contributed by atoms with Crippen LogP contribution in [0.4, 0.5) is 29.1 Å².